The number of hydrogen-bond acceptors (Lipinski definition) is 5. The van der Waals surface area contributed by atoms with Gasteiger partial charge >= 0.3 is 5.97 Å². The van der Waals surface area contributed by atoms with Crippen LogP contribution in [-0.2, 0) is 14.3 Å². The van der Waals surface area contributed by atoms with E-state index in [2.05, 4.69) is 55.6 Å². The van der Waals surface area contributed by atoms with Gasteiger partial charge in [0.1, 0.15) is 0 Å². The molecule has 0 aliphatic carbocycles. The van der Waals surface area contributed by atoms with Crippen LogP contribution in [0.1, 0.15) is 438 Å². The SMILES string of the molecule is CCCCCCCCC/C=C\CCCCCCCCCC(=O)OCCCCCCCCCCC/C=C\C/C=C\CCCCCCCCCCCCCCCCCCCC(=O)NC(CO)C(O)CCCCCCCCCCCCCCCCCCCC. The summed E-state index contributed by atoms with van der Waals surface area (Å²) in [5.74, 6) is -0.0170. The predicted octanol–water partition coefficient (Wildman–Crippen LogP) is 25.8. The van der Waals surface area contributed by atoms with Crippen LogP contribution in [-0.4, -0.2) is 47.4 Å². The van der Waals surface area contributed by atoms with Crippen LogP contribution in [0.5, 0.6) is 0 Å². The number of aliphatic hydroxyl groups is 2. The average Bonchev–Trinajstić information content (AvgIpc) is 3.54. The van der Waals surface area contributed by atoms with E-state index in [1.807, 2.05) is 0 Å². The second-order valence-electron chi connectivity index (χ2n) is 27.0. The molecule has 0 spiro atoms. The zero-order valence-electron chi connectivity index (χ0n) is 58.3. The van der Waals surface area contributed by atoms with E-state index in [0.29, 0.717) is 25.9 Å². The highest BCUT2D eigenvalue weighted by molar-refractivity contribution is 5.76. The summed E-state index contributed by atoms with van der Waals surface area (Å²) < 4.78 is 5.51. The molecule has 0 radical (unpaired) electrons. The van der Waals surface area contributed by atoms with Gasteiger partial charge in [-0.2, -0.15) is 0 Å². The normalized spacial score (nSPS) is 12.7. The van der Waals surface area contributed by atoms with Gasteiger partial charge in [-0.25, -0.2) is 0 Å². The highest BCUT2D eigenvalue weighted by atomic mass is 16.5. The van der Waals surface area contributed by atoms with Crippen molar-refractivity contribution >= 4 is 11.9 Å². The number of aliphatic hydroxyl groups excluding tert-OH is 2. The van der Waals surface area contributed by atoms with Crippen LogP contribution in [0.15, 0.2) is 36.5 Å². The number of carbonyl (C=O) groups excluding carboxylic acids is 2. The van der Waals surface area contributed by atoms with Crippen LogP contribution in [0.4, 0.5) is 0 Å². The maximum absolute atomic E-state index is 12.5. The lowest BCUT2D eigenvalue weighted by molar-refractivity contribution is -0.143. The number of esters is 1. The molecule has 508 valence electrons. The molecule has 0 saturated heterocycles. The smallest absolute Gasteiger partial charge is 0.305 e. The van der Waals surface area contributed by atoms with Crippen LogP contribution in [0.3, 0.4) is 0 Å². The number of amides is 1. The third-order valence-corrected chi connectivity index (χ3v) is 18.4. The molecule has 0 saturated carbocycles. The van der Waals surface area contributed by atoms with Crippen molar-refractivity contribution in [2.45, 2.75) is 450 Å². The Morgan fingerprint density at radius 2 is 0.581 bits per heavy atom. The molecule has 2 atom stereocenters. The Balaban J connectivity index is 3.37. The molecular weight excluding hydrogens is 1050 g/mol. The first-order valence-electron chi connectivity index (χ1n) is 39.2. The maximum Gasteiger partial charge on any atom is 0.305 e. The van der Waals surface area contributed by atoms with E-state index in [-0.39, 0.29) is 18.5 Å². The summed E-state index contributed by atoms with van der Waals surface area (Å²) in [6.45, 7) is 4.99. The number of hydrogen-bond donors (Lipinski definition) is 3. The van der Waals surface area contributed by atoms with Crippen molar-refractivity contribution < 1.29 is 24.5 Å². The summed E-state index contributed by atoms with van der Waals surface area (Å²) in [7, 11) is 0. The minimum Gasteiger partial charge on any atom is -0.466 e. The van der Waals surface area contributed by atoms with Crippen molar-refractivity contribution in [3.63, 3.8) is 0 Å². The van der Waals surface area contributed by atoms with Gasteiger partial charge in [-0.15, -0.1) is 0 Å². The molecule has 6 heteroatoms. The minimum absolute atomic E-state index is 0.0120. The van der Waals surface area contributed by atoms with Gasteiger partial charge in [0.05, 0.1) is 25.4 Å². The Morgan fingerprint density at radius 1 is 0.326 bits per heavy atom. The predicted molar refractivity (Wildman–Crippen MR) is 379 cm³/mol. The Bertz CT molecular complexity index is 1390. The Morgan fingerprint density at radius 3 is 0.895 bits per heavy atom. The Labute approximate surface area is 538 Å². The largest absolute Gasteiger partial charge is 0.466 e. The van der Waals surface area contributed by atoms with Crippen molar-refractivity contribution in [1.82, 2.24) is 5.32 Å². The van der Waals surface area contributed by atoms with Gasteiger partial charge in [0.25, 0.3) is 0 Å². The molecule has 0 rings (SSSR count). The topological polar surface area (TPSA) is 95.9 Å². The Hall–Kier alpha value is -1.92. The standard InChI is InChI=1S/C80H153NO5/c1-3-5-7-9-11-13-15-17-19-21-40-44-48-52-56-60-64-68-72-78(83)77(76-82)81-79(84)73-69-65-61-57-53-49-45-41-38-36-34-32-30-28-26-24-23-25-27-29-31-33-35-37-39-43-47-51-55-59-63-67-71-75-86-80(85)74-70-66-62-58-54-50-46-42-22-20-18-16-14-12-10-8-6-4-2/h20,22,27,29,33,35,77-78,82-83H,3-19,21,23-26,28,30-32,34,36-76H2,1-2H3,(H,81,84)/b22-20-,29-27-,35-33-. The molecule has 0 aromatic carbocycles. The van der Waals surface area contributed by atoms with E-state index in [9.17, 15) is 19.8 Å². The summed E-state index contributed by atoms with van der Waals surface area (Å²) in [5.41, 5.74) is 0. The average molecular weight is 1210 g/mol. The Kier molecular flexibility index (Phi) is 73.9. The third-order valence-electron chi connectivity index (χ3n) is 18.4. The van der Waals surface area contributed by atoms with Crippen molar-refractivity contribution in [1.29, 1.82) is 0 Å². The van der Waals surface area contributed by atoms with E-state index in [1.54, 1.807) is 0 Å². The van der Waals surface area contributed by atoms with Crippen molar-refractivity contribution in [2.24, 2.45) is 0 Å². The lowest BCUT2D eigenvalue weighted by atomic mass is 10.0. The van der Waals surface area contributed by atoms with E-state index in [4.69, 9.17) is 4.74 Å². The lowest BCUT2D eigenvalue weighted by Gasteiger charge is -2.22. The molecule has 1 amide bonds. The molecule has 86 heavy (non-hydrogen) atoms. The van der Waals surface area contributed by atoms with Crippen LogP contribution < -0.4 is 5.32 Å². The van der Waals surface area contributed by atoms with Crippen LogP contribution in [0.25, 0.3) is 0 Å². The molecule has 0 aromatic heterocycles. The third kappa shape index (κ3) is 71.2. The lowest BCUT2D eigenvalue weighted by Crippen LogP contribution is -2.45. The number of unbranched alkanes of at least 4 members (excludes halogenated alkanes) is 57. The van der Waals surface area contributed by atoms with Gasteiger partial charge in [-0.1, -0.05) is 378 Å². The second kappa shape index (κ2) is 75.5. The van der Waals surface area contributed by atoms with E-state index in [0.717, 1.165) is 51.4 Å². The number of allylic oxidation sites excluding steroid dienone is 6. The first-order valence-corrected chi connectivity index (χ1v) is 39.2. The minimum atomic E-state index is -0.664. The fourth-order valence-corrected chi connectivity index (χ4v) is 12.4. The summed E-state index contributed by atoms with van der Waals surface area (Å²) >= 11 is 0. The van der Waals surface area contributed by atoms with Crippen LogP contribution in [0, 0.1) is 0 Å². The van der Waals surface area contributed by atoms with Crippen molar-refractivity contribution in [3.8, 4) is 0 Å². The molecule has 0 fully saturated rings. The number of ether oxygens (including phenoxy) is 1. The molecule has 2 unspecified atom stereocenters. The molecule has 0 bridgehead atoms. The van der Waals surface area contributed by atoms with E-state index in [1.165, 1.54) is 353 Å². The number of nitrogens with one attached hydrogen (secondary N) is 1. The quantitative estimate of drug-likeness (QED) is 0.0320. The molecule has 0 aliphatic heterocycles. The summed E-state index contributed by atoms with van der Waals surface area (Å²) in [6, 6.07) is -0.541. The fourth-order valence-electron chi connectivity index (χ4n) is 12.4. The van der Waals surface area contributed by atoms with Gasteiger partial charge in [-0.05, 0) is 83.5 Å². The van der Waals surface area contributed by atoms with Crippen LogP contribution in [0.2, 0.25) is 0 Å². The van der Waals surface area contributed by atoms with Gasteiger partial charge in [0, 0.05) is 12.8 Å². The van der Waals surface area contributed by atoms with E-state index >= 15 is 0 Å². The zero-order chi connectivity index (χ0) is 62.0. The second-order valence-corrected chi connectivity index (χ2v) is 27.0. The molecule has 3 N–H and O–H groups in total. The number of rotatable bonds is 74. The van der Waals surface area contributed by atoms with E-state index < -0.39 is 12.1 Å². The van der Waals surface area contributed by atoms with Gasteiger partial charge < -0.3 is 20.3 Å². The van der Waals surface area contributed by atoms with Crippen molar-refractivity contribution in [3.05, 3.63) is 36.5 Å². The van der Waals surface area contributed by atoms with Crippen LogP contribution >= 0.6 is 0 Å². The van der Waals surface area contributed by atoms with Gasteiger partial charge in [0.2, 0.25) is 5.91 Å². The summed E-state index contributed by atoms with van der Waals surface area (Å²) in [6.07, 6.45) is 98.0. The molecular formula is C80H153NO5. The molecule has 6 nitrogen and oxygen atoms in total. The molecule has 0 aliphatic rings. The monoisotopic (exact) mass is 1210 g/mol. The molecule has 0 heterocycles. The first-order chi connectivity index (χ1) is 42.5. The fraction of sp³-hybridized carbons (Fsp3) is 0.900. The first kappa shape index (κ1) is 84.1. The molecule has 0 aromatic rings. The highest BCUT2D eigenvalue weighted by Gasteiger charge is 2.20. The summed E-state index contributed by atoms with van der Waals surface area (Å²) in [4.78, 5) is 24.7. The summed E-state index contributed by atoms with van der Waals surface area (Å²) in [5, 5.41) is 23.4. The maximum atomic E-state index is 12.5. The van der Waals surface area contributed by atoms with Gasteiger partial charge in [-0.3, -0.25) is 9.59 Å². The highest BCUT2D eigenvalue weighted by Crippen LogP contribution is 2.19. The van der Waals surface area contributed by atoms with Crippen molar-refractivity contribution in [2.75, 3.05) is 13.2 Å². The zero-order valence-corrected chi connectivity index (χ0v) is 58.3. The van der Waals surface area contributed by atoms with Gasteiger partial charge in [0.15, 0.2) is 0 Å². The number of carbonyl (C=O) groups is 2.